The number of amides is 10. The lowest BCUT2D eigenvalue weighted by Crippen LogP contribution is -2.63. The van der Waals surface area contributed by atoms with Crippen molar-refractivity contribution in [1.82, 2.24) is 58.5 Å². The summed E-state index contributed by atoms with van der Waals surface area (Å²) < 4.78 is 5.74. The number of carbonyl (C=O) groups excluding carboxylic acids is 11. The number of nitrogens with two attached hydrogens (primary N) is 4. The van der Waals surface area contributed by atoms with Crippen LogP contribution in [0.3, 0.4) is 0 Å². The third-order valence-corrected chi connectivity index (χ3v) is 16.7. The van der Waals surface area contributed by atoms with E-state index in [1.54, 1.807) is 48.6 Å². The van der Waals surface area contributed by atoms with Gasteiger partial charge in [-0.25, -0.2) is 4.79 Å². The smallest absolute Gasteiger partial charge is 0.329 e. The van der Waals surface area contributed by atoms with Crippen LogP contribution in [0.25, 0.3) is 0 Å². The van der Waals surface area contributed by atoms with Crippen molar-refractivity contribution >= 4 is 71.0 Å². The van der Waals surface area contributed by atoms with Crippen LogP contribution in [0.15, 0.2) is 35.3 Å². The van der Waals surface area contributed by atoms with E-state index in [1.165, 1.54) is 13.8 Å². The molecular weight excluding hydrogens is 1180 g/mol. The van der Waals surface area contributed by atoms with Crippen molar-refractivity contribution in [3.8, 4) is 0 Å². The van der Waals surface area contributed by atoms with Crippen LogP contribution < -0.4 is 81.4 Å². The van der Waals surface area contributed by atoms with E-state index in [9.17, 15) is 57.8 Å². The van der Waals surface area contributed by atoms with Crippen LogP contribution in [0.5, 0.6) is 0 Å². The van der Waals surface area contributed by atoms with Gasteiger partial charge in [-0.3, -0.25) is 52.9 Å². The van der Waals surface area contributed by atoms with Crippen molar-refractivity contribution < 1.29 is 62.6 Å². The van der Waals surface area contributed by atoms with E-state index in [1.807, 2.05) is 44.2 Å². The molecule has 91 heavy (non-hydrogen) atoms. The number of cyclic esters (lactones) is 1. The van der Waals surface area contributed by atoms with Gasteiger partial charge in [-0.05, 0) is 121 Å². The molecule has 0 bridgehead atoms. The second-order valence-electron chi connectivity index (χ2n) is 23.8. The van der Waals surface area contributed by atoms with Crippen molar-refractivity contribution in [1.29, 1.82) is 0 Å². The monoisotopic (exact) mass is 1280 g/mol. The number of hydrogen-bond acceptors (Lipinski definition) is 17. The number of aliphatic hydroxyl groups excluding tert-OH is 1. The molecule has 0 radical (unpaired) electrons. The number of esters is 1. The van der Waals surface area contributed by atoms with Crippen molar-refractivity contribution in [2.75, 3.05) is 33.3 Å². The molecule has 0 spiro atoms. The predicted octanol–water partition coefficient (Wildman–Crippen LogP) is -1.88. The second-order valence-corrected chi connectivity index (χ2v) is 23.8. The van der Waals surface area contributed by atoms with Crippen LogP contribution in [-0.2, 0) is 63.9 Å². The summed E-state index contributed by atoms with van der Waals surface area (Å²) in [6, 6.07) is -4.79. The Morgan fingerprint density at radius 1 is 0.582 bits per heavy atom. The summed E-state index contributed by atoms with van der Waals surface area (Å²) in [4.78, 5) is 159. The molecule has 16 atom stereocenters. The van der Waals surface area contributed by atoms with Gasteiger partial charge < -0.3 is 91.3 Å². The highest BCUT2D eigenvalue weighted by molar-refractivity contribution is 5.99. The molecule has 1 aliphatic rings. The summed E-state index contributed by atoms with van der Waals surface area (Å²) >= 11 is 0. The largest absolute Gasteiger partial charge is 0.458 e. The fraction of sp³-hybridized carbons (Fsp3) is 0.710. The average Bonchev–Trinajstić information content (AvgIpc) is 2.30. The fourth-order valence-corrected chi connectivity index (χ4v) is 9.88. The van der Waals surface area contributed by atoms with Crippen LogP contribution in [0, 0.1) is 23.7 Å². The topological polar surface area (TPSA) is 466 Å². The van der Waals surface area contributed by atoms with E-state index < -0.39 is 162 Å². The molecule has 514 valence electrons. The number of aliphatic imine (C=N–C) groups is 1. The minimum absolute atomic E-state index is 0.0382. The minimum atomic E-state index is -1.79. The van der Waals surface area contributed by atoms with E-state index in [0.717, 1.165) is 5.56 Å². The molecule has 0 aromatic heterocycles. The molecule has 0 unspecified atom stereocenters. The second kappa shape index (κ2) is 41.8. The Balaban J connectivity index is 2.45. The first-order valence-electron chi connectivity index (χ1n) is 32.2. The van der Waals surface area contributed by atoms with Gasteiger partial charge in [0.05, 0.1) is 12.6 Å². The van der Waals surface area contributed by atoms with Gasteiger partial charge in [-0.1, -0.05) is 111 Å². The molecule has 10 amide bonds. The van der Waals surface area contributed by atoms with Gasteiger partial charge in [-0.15, -0.1) is 0 Å². The molecule has 1 fully saturated rings. The van der Waals surface area contributed by atoms with Gasteiger partial charge >= 0.3 is 5.97 Å². The Morgan fingerprint density at radius 2 is 1.05 bits per heavy atom. The number of hydrogen-bond donors (Lipinski definition) is 16. The number of rotatable bonds is 38. The number of ether oxygens (including phenoxy) is 1. The maximum absolute atomic E-state index is 14.6. The Hall–Kier alpha value is -7.50. The van der Waals surface area contributed by atoms with Crippen molar-refractivity contribution in [2.45, 2.75) is 225 Å². The fourth-order valence-electron chi connectivity index (χ4n) is 9.88. The molecule has 1 saturated heterocycles. The Labute approximate surface area is 536 Å². The molecule has 20 N–H and O–H groups in total. The summed E-state index contributed by atoms with van der Waals surface area (Å²) in [6.45, 7) is 16.3. The summed E-state index contributed by atoms with van der Waals surface area (Å²) in [6.07, 6.45) is 2.69. The normalized spacial score (nSPS) is 20.8. The molecule has 29 heteroatoms. The Bertz CT molecular complexity index is 2540. The van der Waals surface area contributed by atoms with Gasteiger partial charge in [-0.2, -0.15) is 0 Å². The standard InChI is InChI=1S/C62H108N16O13/c1-12-34(5)46(75-55(84)44(67-11)32-40-24-17-16-18-25-40)57(86)72-41(26-19-21-29-63)52(81)71-42(27-20-22-30-64)53(82)74-48(36(7)14-3)59(88)76-47(35(6)13-2)58(87)73-45(33-79)56(85)78-50-39(10)91-61(90)49(37(8)15-4)77-54(83)43(28-23-31-68-62(65)66)70-51(80)38(9)69-60(50)89/h16-18,24-25,34-39,41-50,67,79H,12-15,19-23,26-33,63-64H2,1-11H3,(H,69,89)(H,70,80)(H,71,81)(H,72,86)(H,73,87)(H,74,82)(H,75,84)(H,76,88)(H,77,83)(H,78,85)(H4,65,66,68)/t34-,35-,36-,37-,38-,39-,41-,42+,43-,44+,45-,46-,47-,48+,49-,50+/m0/s1. The molecule has 1 aromatic carbocycles. The quantitative estimate of drug-likeness (QED) is 0.0149. The van der Waals surface area contributed by atoms with Crippen LogP contribution >= 0.6 is 0 Å². The number of nitrogens with one attached hydrogen (secondary N) is 11. The third kappa shape index (κ3) is 26.7. The molecule has 1 aromatic rings. The van der Waals surface area contributed by atoms with Crippen LogP contribution in [0.2, 0.25) is 0 Å². The number of benzene rings is 1. The summed E-state index contributed by atoms with van der Waals surface area (Å²) in [5.41, 5.74) is 23.5. The highest BCUT2D eigenvalue weighted by Gasteiger charge is 2.41. The molecule has 1 heterocycles. The highest BCUT2D eigenvalue weighted by Crippen LogP contribution is 2.18. The molecule has 0 aliphatic carbocycles. The molecule has 0 saturated carbocycles. The molecule has 29 nitrogen and oxygen atoms in total. The Kier molecular flexibility index (Phi) is 36.6. The summed E-state index contributed by atoms with van der Waals surface area (Å²) in [7, 11) is 1.65. The highest BCUT2D eigenvalue weighted by atomic mass is 16.5. The zero-order valence-electron chi connectivity index (χ0n) is 55.2. The zero-order chi connectivity index (χ0) is 68.5. The molecular formula is C62H108N16O13. The first-order chi connectivity index (χ1) is 43.2. The first-order valence-corrected chi connectivity index (χ1v) is 32.2. The minimum Gasteiger partial charge on any atom is -0.458 e. The van der Waals surface area contributed by atoms with E-state index in [-0.39, 0.29) is 50.7 Å². The maximum Gasteiger partial charge on any atom is 0.329 e. The SMILES string of the molecule is CC[C@H](C)[C@H](NC(=O)[C@@H](Cc1ccccc1)NC)C(=O)N[C@@H](CCCCN)C(=O)N[C@H](CCCCN)C(=O)N[C@@H](C(=O)N[C@H](C(=O)N[C@@H](CO)C(=O)N[C@H]1C(=O)N[C@@H](C)C(=O)N[C@@H](CCCN=C(N)N)C(=O)N[C@@H]([C@@H](C)CC)C(=O)O[C@H]1C)[C@@H](C)CC)[C@@H](C)CC. The van der Waals surface area contributed by atoms with Crippen molar-refractivity contribution in [3.05, 3.63) is 35.9 Å². The van der Waals surface area contributed by atoms with E-state index in [2.05, 4.69) is 63.5 Å². The lowest BCUT2D eigenvalue weighted by molar-refractivity contribution is -0.157. The molecule has 2 rings (SSSR count). The van der Waals surface area contributed by atoms with E-state index >= 15 is 0 Å². The van der Waals surface area contributed by atoms with Crippen LogP contribution in [0.4, 0.5) is 0 Å². The molecule has 1 aliphatic heterocycles. The number of unbranched alkanes of at least 4 members (excludes halogenated alkanes) is 2. The van der Waals surface area contributed by atoms with Crippen molar-refractivity contribution in [3.63, 3.8) is 0 Å². The first kappa shape index (κ1) is 79.6. The average molecular weight is 1290 g/mol. The predicted molar refractivity (Wildman–Crippen MR) is 344 cm³/mol. The lowest BCUT2D eigenvalue weighted by atomic mass is 9.94. The number of likely N-dealkylation sites (N-methyl/N-ethyl adjacent to an activating group) is 1. The van der Waals surface area contributed by atoms with Crippen LogP contribution in [0.1, 0.15) is 152 Å². The van der Waals surface area contributed by atoms with Gasteiger partial charge in [0.2, 0.25) is 59.1 Å². The summed E-state index contributed by atoms with van der Waals surface area (Å²) in [5, 5.41) is 40.4. The van der Waals surface area contributed by atoms with E-state index in [0.29, 0.717) is 64.3 Å². The van der Waals surface area contributed by atoms with Crippen LogP contribution in [-0.4, -0.2) is 182 Å². The van der Waals surface area contributed by atoms with Gasteiger partial charge in [0.15, 0.2) is 5.96 Å². The van der Waals surface area contributed by atoms with E-state index in [4.69, 9.17) is 27.7 Å². The number of carbonyl (C=O) groups is 11. The summed E-state index contributed by atoms with van der Waals surface area (Å²) in [5.74, 6) is -11.1. The number of aliphatic hydroxyl groups is 1. The lowest BCUT2D eigenvalue weighted by Gasteiger charge is -2.31. The number of nitrogens with zero attached hydrogens (tertiary/aromatic N) is 1. The number of guanidine groups is 1. The zero-order valence-corrected chi connectivity index (χ0v) is 55.2. The van der Waals surface area contributed by atoms with Gasteiger partial charge in [0.1, 0.15) is 66.5 Å². The third-order valence-electron chi connectivity index (χ3n) is 16.7. The van der Waals surface area contributed by atoms with Gasteiger partial charge in [0, 0.05) is 6.54 Å². The Morgan fingerprint density at radius 3 is 1.53 bits per heavy atom. The maximum atomic E-state index is 14.6. The van der Waals surface area contributed by atoms with Gasteiger partial charge in [0.25, 0.3) is 0 Å². The van der Waals surface area contributed by atoms with Crippen molar-refractivity contribution in [2.24, 2.45) is 51.6 Å².